The number of fused-ring (bicyclic) bond motifs is 1. The zero-order chi connectivity index (χ0) is 31.1. The summed E-state index contributed by atoms with van der Waals surface area (Å²) >= 11 is 0. The molecular formula is C36H42FN5O3. The summed E-state index contributed by atoms with van der Waals surface area (Å²) in [4.78, 5) is 38.4. The summed E-state index contributed by atoms with van der Waals surface area (Å²) < 4.78 is 21.5. The van der Waals surface area contributed by atoms with E-state index in [9.17, 15) is 14.0 Å². The van der Waals surface area contributed by atoms with Gasteiger partial charge in [-0.1, -0.05) is 13.0 Å². The van der Waals surface area contributed by atoms with Gasteiger partial charge in [0.15, 0.2) is 0 Å². The van der Waals surface area contributed by atoms with E-state index in [2.05, 4.69) is 28.2 Å². The van der Waals surface area contributed by atoms with Gasteiger partial charge in [-0.2, -0.15) is 0 Å². The number of piperidine rings is 1. The van der Waals surface area contributed by atoms with Crippen molar-refractivity contribution in [1.82, 2.24) is 24.8 Å². The minimum absolute atomic E-state index is 0.132. The number of hydrogen-bond donors (Lipinski definition) is 2. The second kappa shape index (κ2) is 12.5. The van der Waals surface area contributed by atoms with E-state index in [0.29, 0.717) is 54.4 Å². The van der Waals surface area contributed by atoms with Crippen molar-refractivity contribution in [2.75, 3.05) is 32.8 Å². The number of hydrogen-bond acceptors (Lipinski definition) is 5. The normalized spacial score (nSPS) is 18.9. The summed E-state index contributed by atoms with van der Waals surface area (Å²) in [6.45, 7) is 8.43. The van der Waals surface area contributed by atoms with Crippen LogP contribution >= 0.6 is 0 Å². The molecule has 236 valence electrons. The second-order valence-corrected chi connectivity index (χ2v) is 13.2. The van der Waals surface area contributed by atoms with Crippen LogP contribution in [0.1, 0.15) is 91.5 Å². The molecular weight excluding hydrogens is 569 g/mol. The Morgan fingerprint density at radius 3 is 2.69 bits per heavy atom. The molecule has 2 saturated carbocycles. The molecule has 0 unspecified atom stereocenters. The Kier molecular flexibility index (Phi) is 8.31. The van der Waals surface area contributed by atoms with E-state index in [1.54, 1.807) is 10.6 Å². The van der Waals surface area contributed by atoms with Gasteiger partial charge in [-0.3, -0.25) is 19.1 Å². The number of carbonyl (C=O) groups excluding carboxylic acids is 1. The Balaban J connectivity index is 1.29. The maximum atomic E-state index is 14.5. The summed E-state index contributed by atoms with van der Waals surface area (Å²) in [5, 5.41) is 3.86. The van der Waals surface area contributed by atoms with Crippen LogP contribution in [-0.4, -0.2) is 58.2 Å². The van der Waals surface area contributed by atoms with Crippen molar-refractivity contribution >= 4 is 16.8 Å². The van der Waals surface area contributed by atoms with Gasteiger partial charge in [0.25, 0.3) is 11.5 Å². The first kappa shape index (κ1) is 29.9. The first-order chi connectivity index (χ1) is 21.9. The van der Waals surface area contributed by atoms with Gasteiger partial charge < -0.3 is 15.0 Å². The largest absolute Gasteiger partial charge is 0.380 e. The lowest BCUT2D eigenvalue weighted by Gasteiger charge is -2.30. The van der Waals surface area contributed by atoms with Crippen LogP contribution in [0.4, 0.5) is 4.39 Å². The summed E-state index contributed by atoms with van der Waals surface area (Å²) in [7, 11) is 0. The quantitative estimate of drug-likeness (QED) is 0.195. The fourth-order valence-electron chi connectivity index (χ4n) is 6.78. The highest BCUT2D eigenvalue weighted by Gasteiger charge is 2.30. The topological polar surface area (TPSA) is 92.2 Å². The number of carbonyl (C=O) groups is 1. The van der Waals surface area contributed by atoms with Crippen molar-refractivity contribution in [1.29, 1.82) is 0 Å². The zero-order valence-electron chi connectivity index (χ0n) is 26.2. The number of benzene rings is 1. The first-order valence-electron chi connectivity index (χ1n) is 16.6. The van der Waals surface area contributed by atoms with Crippen molar-refractivity contribution in [2.45, 2.75) is 70.8 Å². The fourth-order valence-corrected chi connectivity index (χ4v) is 6.78. The van der Waals surface area contributed by atoms with E-state index >= 15 is 0 Å². The van der Waals surface area contributed by atoms with Crippen LogP contribution in [0.25, 0.3) is 27.8 Å². The van der Waals surface area contributed by atoms with Gasteiger partial charge in [-0.15, -0.1) is 0 Å². The number of H-pyrrole nitrogens is 1. The van der Waals surface area contributed by atoms with Crippen LogP contribution in [0.15, 0.2) is 47.4 Å². The summed E-state index contributed by atoms with van der Waals surface area (Å²) in [6.07, 6.45) is 8.73. The number of nitrogens with zero attached hydrogens (tertiary/aromatic N) is 3. The molecule has 8 nitrogen and oxygen atoms in total. The van der Waals surface area contributed by atoms with E-state index < -0.39 is 5.82 Å². The fraction of sp³-hybridized carbons (Fsp3) is 0.472. The number of ether oxygens (including phenoxy) is 1. The SMILES string of the molecule is CCOCCNC(=O)c1cc(F)ccc1-c1cc(C2CC2)nc(-n2cc(C3CC3)c3cc(CN4CCC[C@H](C)C4)[nH]c3c2=O)c1. The average Bonchev–Trinajstić information content (AvgIpc) is 3.97. The number of aromatic amines is 1. The number of aromatic nitrogens is 3. The number of pyridine rings is 2. The lowest BCUT2D eigenvalue weighted by molar-refractivity contribution is 0.0923. The standard InChI is InChI=1S/C36H42FN5O3/c1-3-45-14-12-38-35(43)30-17-26(37)10-11-28(30)25-15-32(24-8-9-24)40-33(16-25)42-21-31(23-6-7-23)29-18-27(39-34(29)36(42)44)20-41-13-4-5-22(2)19-41/h10-11,15-18,21-24,39H,3-9,12-14,19-20H2,1-2H3,(H,38,43)/t22-/m0/s1. The smallest absolute Gasteiger partial charge is 0.280 e. The third-order valence-electron chi connectivity index (χ3n) is 9.38. The lowest BCUT2D eigenvalue weighted by Crippen LogP contribution is -2.33. The van der Waals surface area contributed by atoms with Crippen molar-refractivity contribution in [3.8, 4) is 16.9 Å². The number of amides is 1. The first-order valence-corrected chi connectivity index (χ1v) is 16.6. The average molecular weight is 612 g/mol. The minimum atomic E-state index is -0.484. The van der Waals surface area contributed by atoms with Gasteiger partial charge in [0.2, 0.25) is 0 Å². The molecule has 9 heteroatoms. The maximum Gasteiger partial charge on any atom is 0.280 e. The van der Waals surface area contributed by atoms with Crippen molar-refractivity contribution in [3.63, 3.8) is 0 Å². The van der Waals surface area contributed by atoms with Crippen molar-refractivity contribution < 1.29 is 13.9 Å². The number of likely N-dealkylation sites (tertiary alicyclic amines) is 1. The Morgan fingerprint density at radius 1 is 1.11 bits per heavy atom. The monoisotopic (exact) mass is 611 g/mol. The molecule has 7 rings (SSSR count). The third-order valence-corrected chi connectivity index (χ3v) is 9.38. The van der Waals surface area contributed by atoms with Crippen LogP contribution in [0.2, 0.25) is 0 Å². The van der Waals surface area contributed by atoms with E-state index in [1.165, 1.54) is 30.5 Å². The molecule has 2 aliphatic carbocycles. The molecule has 45 heavy (non-hydrogen) atoms. The molecule has 4 aromatic rings. The van der Waals surface area contributed by atoms with Gasteiger partial charge in [-0.25, -0.2) is 9.37 Å². The Bertz CT molecular complexity index is 1790. The zero-order valence-corrected chi connectivity index (χ0v) is 26.2. The van der Waals surface area contributed by atoms with Crippen molar-refractivity contribution in [2.24, 2.45) is 5.92 Å². The van der Waals surface area contributed by atoms with Crippen LogP contribution in [0.5, 0.6) is 0 Å². The molecule has 0 radical (unpaired) electrons. The van der Waals surface area contributed by atoms with E-state index in [1.807, 2.05) is 25.3 Å². The Labute approximate surface area is 263 Å². The maximum absolute atomic E-state index is 14.5. The predicted molar refractivity (Wildman–Crippen MR) is 174 cm³/mol. The summed E-state index contributed by atoms with van der Waals surface area (Å²) in [6, 6.07) is 10.3. The molecule has 0 bridgehead atoms. The lowest BCUT2D eigenvalue weighted by atomic mass is 9.98. The summed E-state index contributed by atoms with van der Waals surface area (Å²) in [5.41, 5.74) is 5.21. The number of nitrogens with one attached hydrogen (secondary N) is 2. The molecule has 1 saturated heterocycles. The highest BCUT2D eigenvalue weighted by Crippen LogP contribution is 2.44. The van der Waals surface area contributed by atoms with Crippen molar-refractivity contribution in [3.05, 3.63) is 81.3 Å². The molecule has 0 spiro atoms. The van der Waals surface area contributed by atoms with Gasteiger partial charge in [0, 0.05) is 55.1 Å². The molecule has 3 fully saturated rings. The van der Waals surface area contributed by atoms with Gasteiger partial charge >= 0.3 is 0 Å². The molecule has 1 aromatic carbocycles. The third kappa shape index (κ3) is 6.47. The Hall–Kier alpha value is -3.82. The molecule has 3 aliphatic rings. The van der Waals surface area contributed by atoms with Crippen LogP contribution in [0.3, 0.4) is 0 Å². The van der Waals surface area contributed by atoms with Crippen LogP contribution in [-0.2, 0) is 11.3 Å². The number of rotatable bonds is 11. The minimum Gasteiger partial charge on any atom is -0.380 e. The molecule has 2 N–H and O–H groups in total. The number of halogens is 1. The van der Waals surface area contributed by atoms with Gasteiger partial charge in [-0.05, 0) is 111 Å². The van der Waals surface area contributed by atoms with Gasteiger partial charge in [0.1, 0.15) is 17.2 Å². The van der Waals surface area contributed by atoms with E-state index in [-0.39, 0.29) is 17.0 Å². The molecule has 3 aromatic heterocycles. The van der Waals surface area contributed by atoms with Crippen LogP contribution < -0.4 is 10.9 Å². The van der Waals surface area contributed by atoms with Crippen LogP contribution in [0, 0.1) is 11.7 Å². The summed E-state index contributed by atoms with van der Waals surface area (Å²) in [5.74, 6) is 1.09. The Morgan fingerprint density at radius 2 is 1.93 bits per heavy atom. The van der Waals surface area contributed by atoms with Gasteiger partial charge in [0.05, 0.1) is 12.2 Å². The molecule has 4 heterocycles. The highest BCUT2D eigenvalue weighted by atomic mass is 19.1. The van der Waals surface area contributed by atoms with E-state index in [4.69, 9.17) is 9.72 Å². The highest BCUT2D eigenvalue weighted by molar-refractivity contribution is 6.01. The molecule has 1 aliphatic heterocycles. The predicted octanol–water partition coefficient (Wildman–Crippen LogP) is 6.27. The second-order valence-electron chi connectivity index (χ2n) is 13.2. The molecule has 1 atom stereocenters. The van der Waals surface area contributed by atoms with E-state index in [0.717, 1.165) is 67.7 Å². The molecule has 1 amide bonds.